The average Bonchev–Trinajstić information content (AvgIpc) is 2.44. The molecule has 128 valence electrons. The van der Waals surface area contributed by atoms with Crippen LogP contribution in [0.1, 0.15) is 79.1 Å². The van der Waals surface area contributed by atoms with Crippen LogP contribution in [-0.2, 0) is 0 Å². The standard InChI is InChI=1S/C4H10O.3C4H9O.In/c4*1-2-3-4-5;/h5H,2-4H2,1H3;3*2-4H2,1H3;/q;3*-1;+3. The van der Waals surface area contributed by atoms with Crippen molar-refractivity contribution in [1.29, 1.82) is 0 Å². The number of aliphatic hydroxyl groups is 1. The minimum Gasteiger partial charge on any atom is -0.854 e. The van der Waals surface area contributed by atoms with Crippen LogP contribution in [0.2, 0.25) is 0 Å². The first-order chi connectivity index (χ1) is 9.66. The van der Waals surface area contributed by atoms with Gasteiger partial charge < -0.3 is 20.4 Å². The van der Waals surface area contributed by atoms with Crippen molar-refractivity contribution in [2.24, 2.45) is 0 Å². The second-order valence-corrected chi connectivity index (χ2v) is 4.25. The summed E-state index contributed by atoms with van der Waals surface area (Å²) in [5.74, 6) is 0. The largest absolute Gasteiger partial charge is 3.00 e. The molecule has 0 amide bonds. The summed E-state index contributed by atoms with van der Waals surface area (Å²) in [6, 6.07) is 0. The van der Waals surface area contributed by atoms with Crippen molar-refractivity contribution >= 4 is 25.8 Å². The average molecular weight is 408 g/mol. The van der Waals surface area contributed by atoms with Crippen molar-refractivity contribution in [3.8, 4) is 0 Å². The molecule has 0 unspecified atom stereocenters. The predicted molar refractivity (Wildman–Crippen MR) is 87.1 cm³/mol. The number of hydrogen-bond acceptors (Lipinski definition) is 4. The Bertz CT molecular complexity index is 74.3. The molecule has 5 heteroatoms. The zero-order valence-corrected chi connectivity index (χ0v) is 18.0. The molecule has 0 bridgehead atoms. The van der Waals surface area contributed by atoms with Crippen molar-refractivity contribution in [3.05, 3.63) is 0 Å². The van der Waals surface area contributed by atoms with E-state index in [0.717, 1.165) is 51.4 Å². The van der Waals surface area contributed by atoms with Crippen LogP contribution in [0.5, 0.6) is 0 Å². The molecule has 0 saturated heterocycles. The van der Waals surface area contributed by atoms with Gasteiger partial charge in [0.15, 0.2) is 0 Å². The second kappa shape index (κ2) is 49.8. The van der Waals surface area contributed by atoms with Gasteiger partial charge in [0.25, 0.3) is 0 Å². The molecule has 4 nitrogen and oxygen atoms in total. The van der Waals surface area contributed by atoms with Crippen LogP contribution in [0, 0.1) is 0 Å². The first-order valence-electron chi connectivity index (χ1n) is 8.01. The first-order valence-corrected chi connectivity index (χ1v) is 8.01. The van der Waals surface area contributed by atoms with Gasteiger partial charge in [-0.1, -0.05) is 72.6 Å². The molecule has 0 spiro atoms. The fraction of sp³-hybridized carbons (Fsp3) is 1.00. The maximum atomic E-state index is 9.53. The van der Waals surface area contributed by atoms with Crippen LogP contribution in [-0.4, -0.2) is 57.4 Å². The van der Waals surface area contributed by atoms with E-state index in [1.165, 1.54) is 0 Å². The summed E-state index contributed by atoms with van der Waals surface area (Å²) in [7, 11) is 0. The topological polar surface area (TPSA) is 89.4 Å². The van der Waals surface area contributed by atoms with Crippen LogP contribution in [0.15, 0.2) is 0 Å². The monoisotopic (exact) mass is 408 g/mol. The molecule has 0 aromatic rings. The maximum Gasteiger partial charge on any atom is 3.00 e. The molecule has 0 aromatic heterocycles. The SMILES string of the molecule is CCCCO.CCCC[O-].CCCC[O-].CCCC[O-].[In+3]. The third kappa shape index (κ3) is 95.6. The fourth-order valence-electron chi connectivity index (χ4n) is 0.591. The van der Waals surface area contributed by atoms with Crippen LogP contribution in [0.25, 0.3) is 0 Å². The summed E-state index contributed by atoms with van der Waals surface area (Å²) in [6.45, 7) is 8.71. The van der Waals surface area contributed by atoms with E-state index in [1.54, 1.807) is 0 Å². The Kier molecular flexibility index (Phi) is 79.1. The molecule has 0 radical (unpaired) electrons. The number of rotatable bonds is 8. The number of hydrogen-bond donors (Lipinski definition) is 1. The Hall–Kier alpha value is 0.710. The quantitative estimate of drug-likeness (QED) is 0.645. The van der Waals surface area contributed by atoms with E-state index in [1.807, 2.05) is 20.8 Å². The van der Waals surface area contributed by atoms with E-state index >= 15 is 0 Å². The minimum atomic E-state index is 0. The van der Waals surface area contributed by atoms with Gasteiger partial charge in [0.05, 0.1) is 0 Å². The third-order valence-electron chi connectivity index (χ3n) is 2.01. The molecule has 0 aliphatic rings. The fourth-order valence-corrected chi connectivity index (χ4v) is 0.591. The normalized spacial score (nSPS) is 8.00. The van der Waals surface area contributed by atoms with Gasteiger partial charge in [0, 0.05) is 6.61 Å². The smallest absolute Gasteiger partial charge is 0.854 e. The molecular formula is C16H37InO4. The molecular weight excluding hydrogens is 371 g/mol. The van der Waals surface area contributed by atoms with Crippen LogP contribution in [0.3, 0.4) is 0 Å². The van der Waals surface area contributed by atoms with E-state index in [0.29, 0.717) is 6.61 Å². The summed E-state index contributed by atoms with van der Waals surface area (Å²) in [5.41, 5.74) is 0. The summed E-state index contributed by atoms with van der Waals surface area (Å²) < 4.78 is 0. The van der Waals surface area contributed by atoms with Crippen molar-refractivity contribution in [2.45, 2.75) is 79.1 Å². The Morgan fingerprint density at radius 2 is 0.810 bits per heavy atom. The molecule has 0 aliphatic carbocycles. The van der Waals surface area contributed by atoms with Gasteiger partial charge in [-0.15, -0.1) is 19.8 Å². The second-order valence-electron chi connectivity index (χ2n) is 4.25. The summed E-state index contributed by atoms with van der Waals surface area (Å²) in [4.78, 5) is 0. The molecule has 0 atom stereocenters. The van der Waals surface area contributed by atoms with Crippen molar-refractivity contribution in [2.75, 3.05) is 26.4 Å². The summed E-state index contributed by atoms with van der Waals surface area (Å²) in [5, 5.41) is 36.7. The van der Waals surface area contributed by atoms with Crippen LogP contribution >= 0.6 is 0 Å². The molecule has 0 fully saturated rings. The molecule has 0 aliphatic heterocycles. The predicted octanol–water partition coefficient (Wildman–Crippen LogP) is 0.838. The van der Waals surface area contributed by atoms with E-state index in [9.17, 15) is 15.3 Å². The number of unbranched alkanes of at least 4 members (excludes halogenated alkanes) is 4. The van der Waals surface area contributed by atoms with Gasteiger partial charge in [-0.2, -0.15) is 0 Å². The van der Waals surface area contributed by atoms with Gasteiger partial charge in [-0.3, -0.25) is 0 Å². The summed E-state index contributed by atoms with van der Waals surface area (Å²) in [6.07, 6.45) is 7.63. The molecule has 21 heavy (non-hydrogen) atoms. The van der Waals surface area contributed by atoms with Crippen LogP contribution in [0.4, 0.5) is 0 Å². The zero-order valence-electron chi connectivity index (χ0n) is 14.7. The summed E-state index contributed by atoms with van der Waals surface area (Å²) >= 11 is 0. The third-order valence-corrected chi connectivity index (χ3v) is 2.01. The van der Waals surface area contributed by atoms with E-state index in [2.05, 4.69) is 6.92 Å². The van der Waals surface area contributed by atoms with Gasteiger partial charge in [-0.25, -0.2) is 0 Å². The molecule has 1 N–H and O–H groups in total. The Balaban J connectivity index is -0.0000000533. The van der Waals surface area contributed by atoms with E-state index < -0.39 is 0 Å². The molecule has 0 heterocycles. The Morgan fingerprint density at radius 1 is 0.571 bits per heavy atom. The van der Waals surface area contributed by atoms with Gasteiger partial charge in [-0.05, 0) is 6.42 Å². The first kappa shape index (κ1) is 33.3. The molecule has 0 rings (SSSR count). The van der Waals surface area contributed by atoms with Gasteiger partial charge >= 0.3 is 25.8 Å². The van der Waals surface area contributed by atoms with Crippen molar-refractivity contribution < 1.29 is 20.4 Å². The Labute approximate surface area is 151 Å². The Morgan fingerprint density at radius 3 is 0.810 bits per heavy atom. The maximum absolute atomic E-state index is 9.53. The minimum absolute atomic E-state index is 0. The van der Waals surface area contributed by atoms with E-state index in [4.69, 9.17) is 5.11 Å². The van der Waals surface area contributed by atoms with Crippen LogP contribution < -0.4 is 15.3 Å². The van der Waals surface area contributed by atoms with Crippen molar-refractivity contribution in [3.63, 3.8) is 0 Å². The number of aliphatic hydroxyl groups excluding tert-OH is 1. The molecule has 0 saturated carbocycles. The van der Waals surface area contributed by atoms with Gasteiger partial charge in [0.2, 0.25) is 0 Å². The van der Waals surface area contributed by atoms with Gasteiger partial charge in [0.1, 0.15) is 0 Å². The van der Waals surface area contributed by atoms with Crippen molar-refractivity contribution in [1.82, 2.24) is 0 Å². The van der Waals surface area contributed by atoms with E-state index in [-0.39, 0.29) is 45.7 Å². The zero-order chi connectivity index (χ0) is 16.5. The molecule has 0 aromatic carbocycles.